The van der Waals surface area contributed by atoms with Crippen molar-refractivity contribution in [3.05, 3.63) is 76.8 Å². The minimum atomic E-state index is 0.00406. The summed E-state index contributed by atoms with van der Waals surface area (Å²) >= 11 is 1.58. The van der Waals surface area contributed by atoms with Crippen molar-refractivity contribution in [3.63, 3.8) is 0 Å². The molecule has 0 radical (unpaired) electrons. The zero-order valence-electron chi connectivity index (χ0n) is 17.4. The summed E-state index contributed by atoms with van der Waals surface area (Å²) in [5, 5.41) is 5.96. The zero-order chi connectivity index (χ0) is 20.8. The molecule has 0 saturated carbocycles. The lowest BCUT2D eigenvalue weighted by Gasteiger charge is -2.32. The number of hydrogen-bond donors (Lipinski definition) is 1. The van der Waals surface area contributed by atoms with Crippen LogP contribution in [0.4, 0.5) is 0 Å². The monoisotopic (exact) mass is 420 g/mol. The van der Waals surface area contributed by atoms with Gasteiger partial charge in [-0.05, 0) is 18.2 Å². The lowest BCUT2D eigenvalue weighted by Crippen LogP contribution is -2.43. The third kappa shape index (κ3) is 5.75. The fourth-order valence-electron chi connectivity index (χ4n) is 3.63. The fraction of sp³-hybridized carbons (Fsp3) is 0.333. The summed E-state index contributed by atoms with van der Waals surface area (Å²) in [6.45, 7) is 5.98. The molecule has 5 nitrogen and oxygen atoms in total. The second-order valence-corrected chi connectivity index (χ2v) is 8.72. The zero-order valence-corrected chi connectivity index (χ0v) is 18.2. The van der Waals surface area contributed by atoms with E-state index in [0.29, 0.717) is 13.0 Å². The summed E-state index contributed by atoms with van der Waals surface area (Å²) in [6, 6.07) is 18.6. The van der Waals surface area contributed by atoms with Gasteiger partial charge in [0.05, 0.1) is 12.1 Å². The third-order valence-corrected chi connectivity index (χ3v) is 6.34. The van der Waals surface area contributed by atoms with Crippen molar-refractivity contribution in [1.29, 1.82) is 0 Å². The van der Waals surface area contributed by atoms with Crippen LogP contribution in [0.5, 0.6) is 0 Å². The number of benzene rings is 2. The van der Waals surface area contributed by atoms with Gasteiger partial charge in [0.15, 0.2) is 0 Å². The van der Waals surface area contributed by atoms with E-state index in [4.69, 9.17) is 0 Å². The SMILES string of the molecule is CN1CCN(Cc2cccc(CNC(=O)Cc3csc(-c4ccccc4)n3)c2)CC1. The molecule has 1 fully saturated rings. The highest BCUT2D eigenvalue weighted by Crippen LogP contribution is 2.23. The molecular weight excluding hydrogens is 392 g/mol. The summed E-state index contributed by atoms with van der Waals surface area (Å²) in [5.41, 5.74) is 4.35. The van der Waals surface area contributed by atoms with E-state index in [2.05, 4.69) is 51.4 Å². The van der Waals surface area contributed by atoms with Crippen molar-refractivity contribution in [1.82, 2.24) is 20.1 Å². The van der Waals surface area contributed by atoms with Gasteiger partial charge in [-0.2, -0.15) is 0 Å². The molecule has 30 heavy (non-hydrogen) atoms. The predicted molar refractivity (Wildman–Crippen MR) is 122 cm³/mol. The van der Waals surface area contributed by atoms with Crippen LogP contribution in [0, 0.1) is 0 Å². The van der Waals surface area contributed by atoms with Gasteiger partial charge in [0.2, 0.25) is 5.91 Å². The Balaban J connectivity index is 1.27. The maximum atomic E-state index is 12.4. The number of amides is 1. The van der Waals surface area contributed by atoms with Crippen LogP contribution in [-0.4, -0.2) is 53.9 Å². The van der Waals surface area contributed by atoms with E-state index in [1.807, 2.05) is 35.7 Å². The van der Waals surface area contributed by atoms with Crippen molar-refractivity contribution in [2.24, 2.45) is 0 Å². The van der Waals surface area contributed by atoms with Gasteiger partial charge in [-0.15, -0.1) is 11.3 Å². The average Bonchev–Trinajstić information content (AvgIpc) is 3.23. The molecule has 6 heteroatoms. The van der Waals surface area contributed by atoms with Crippen LogP contribution in [-0.2, 0) is 24.3 Å². The molecule has 0 aliphatic carbocycles. The minimum Gasteiger partial charge on any atom is -0.352 e. The van der Waals surface area contributed by atoms with E-state index in [9.17, 15) is 4.79 Å². The van der Waals surface area contributed by atoms with Gasteiger partial charge in [-0.3, -0.25) is 9.69 Å². The van der Waals surface area contributed by atoms with Gasteiger partial charge >= 0.3 is 0 Å². The summed E-state index contributed by atoms with van der Waals surface area (Å²) in [5.74, 6) is 0.00406. The Hall–Kier alpha value is -2.54. The molecular formula is C24H28N4OS. The Morgan fingerprint density at radius 1 is 1.03 bits per heavy atom. The first-order chi connectivity index (χ1) is 14.7. The fourth-order valence-corrected chi connectivity index (χ4v) is 4.46. The highest BCUT2D eigenvalue weighted by molar-refractivity contribution is 7.13. The number of aromatic nitrogens is 1. The van der Waals surface area contributed by atoms with Gasteiger partial charge in [0, 0.05) is 50.2 Å². The number of carbonyl (C=O) groups excluding carboxylic acids is 1. The molecule has 4 rings (SSSR count). The number of likely N-dealkylation sites (N-methyl/N-ethyl adjacent to an activating group) is 1. The molecule has 2 aromatic carbocycles. The van der Waals surface area contributed by atoms with E-state index in [1.54, 1.807) is 11.3 Å². The minimum absolute atomic E-state index is 0.00406. The van der Waals surface area contributed by atoms with Crippen molar-refractivity contribution in [2.75, 3.05) is 33.2 Å². The Kier molecular flexibility index (Phi) is 6.89. The molecule has 2 heterocycles. The molecule has 1 saturated heterocycles. The van der Waals surface area contributed by atoms with Crippen molar-refractivity contribution < 1.29 is 4.79 Å². The molecule has 156 valence electrons. The number of nitrogens with one attached hydrogen (secondary N) is 1. The second kappa shape index (κ2) is 9.98. The number of piperazine rings is 1. The Bertz CT molecular complexity index is 964. The third-order valence-electron chi connectivity index (χ3n) is 5.40. The number of rotatable bonds is 7. The first-order valence-electron chi connectivity index (χ1n) is 10.4. The normalized spacial score (nSPS) is 15.2. The van der Waals surface area contributed by atoms with E-state index >= 15 is 0 Å². The average molecular weight is 421 g/mol. The predicted octanol–water partition coefficient (Wildman–Crippen LogP) is 3.42. The molecule has 1 amide bonds. The molecule has 1 aliphatic heterocycles. The number of carbonyl (C=O) groups is 1. The van der Waals surface area contributed by atoms with Crippen LogP contribution in [0.1, 0.15) is 16.8 Å². The van der Waals surface area contributed by atoms with Crippen LogP contribution in [0.25, 0.3) is 10.6 Å². The van der Waals surface area contributed by atoms with E-state index in [1.165, 1.54) is 5.56 Å². The lowest BCUT2D eigenvalue weighted by molar-refractivity contribution is -0.120. The van der Waals surface area contributed by atoms with Gasteiger partial charge in [0.25, 0.3) is 0 Å². The number of thiazole rings is 1. The summed E-state index contributed by atoms with van der Waals surface area (Å²) in [6.07, 6.45) is 0.310. The molecule has 3 aromatic rings. The van der Waals surface area contributed by atoms with Gasteiger partial charge < -0.3 is 10.2 Å². The smallest absolute Gasteiger partial charge is 0.226 e. The van der Waals surface area contributed by atoms with Crippen molar-refractivity contribution in [2.45, 2.75) is 19.5 Å². The van der Waals surface area contributed by atoms with Crippen LogP contribution < -0.4 is 5.32 Å². The highest BCUT2D eigenvalue weighted by atomic mass is 32.1. The largest absolute Gasteiger partial charge is 0.352 e. The van der Waals surface area contributed by atoms with E-state index in [0.717, 1.165) is 54.6 Å². The lowest BCUT2D eigenvalue weighted by atomic mass is 10.1. The van der Waals surface area contributed by atoms with E-state index in [-0.39, 0.29) is 5.91 Å². The Morgan fingerprint density at radius 2 is 1.80 bits per heavy atom. The number of hydrogen-bond acceptors (Lipinski definition) is 5. The standard InChI is InChI=1S/C24H28N4OS/c1-27-10-12-28(13-11-27)17-20-7-5-6-19(14-20)16-25-23(29)15-22-18-30-24(26-22)21-8-3-2-4-9-21/h2-9,14,18H,10-13,15-17H2,1H3,(H,25,29). The van der Waals surface area contributed by atoms with Gasteiger partial charge in [-0.25, -0.2) is 4.98 Å². The molecule has 1 aliphatic rings. The van der Waals surface area contributed by atoms with Crippen LogP contribution in [0.3, 0.4) is 0 Å². The maximum absolute atomic E-state index is 12.4. The molecule has 0 unspecified atom stereocenters. The topological polar surface area (TPSA) is 48.5 Å². The second-order valence-electron chi connectivity index (χ2n) is 7.86. The Morgan fingerprint density at radius 3 is 2.60 bits per heavy atom. The molecule has 0 spiro atoms. The maximum Gasteiger partial charge on any atom is 0.226 e. The Labute approximate surface area is 182 Å². The van der Waals surface area contributed by atoms with Crippen molar-refractivity contribution in [3.8, 4) is 10.6 Å². The summed E-state index contributed by atoms with van der Waals surface area (Å²) in [7, 11) is 2.18. The number of nitrogens with zero attached hydrogens (tertiary/aromatic N) is 3. The summed E-state index contributed by atoms with van der Waals surface area (Å²) in [4.78, 5) is 21.9. The van der Waals surface area contributed by atoms with Crippen molar-refractivity contribution >= 4 is 17.2 Å². The molecule has 0 atom stereocenters. The summed E-state index contributed by atoms with van der Waals surface area (Å²) < 4.78 is 0. The molecule has 0 bridgehead atoms. The van der Waals surface area contributed by atoms with Crippen LogP contribution in [0.15, 0.2) is 60.0 Å². The molecule has 1 aromatic heterocycles. The first kappa shape index (κ1) is 20.7. The van der Waals surface area contributed by atoms with E-state index < -0.39 is 0 Å². The molecule has 1 N–H and O–H groups in total. The van der Waals surface area contributed by atoms with Gasteiger partial charge in [0.1, 0.15) is 5.01 Å². The highest BCUT2D eigenvalue weighted by Gasteiger charge is 2.14. The first-order valence-corrected chi connectivity index (χ1v) is 11.3. The van der Waals surface area contributed by atoms with Gasteiger partial charge in [-0.1, -0.05) is 54.6 Å². The van der Waals surface area contributed by atoms with Crippen LogP contribution in [0.2, 0.25) is 0 Å². The van der Waals surface area contributed by atoms with Crippen LogP contribution >= 0.6 is 11.3 Å². The quantitative estimate of drug-likeness (QED) is 0.636.